The van der Waals surface area contributed by atoms with Crippen LogP contribution in [0.15, 0.2) is 48.5 Å². The van der Waals surface area contributed by atoms with Crippen LogP contribution in [-0.2, 0) is 5.54 Å². The van der Waals surface area contributed by atoms with E-state index in [2.05, 4.69) is 171 Å². The average molecular weight is 796 g/mol. The Labute approximate surface area is 362 Å². The quantitative estimate of drug-likeness (QED) is 0.231. The molecule has 0 amide bonds. The summed E-state index contributed by atoms with van der Waals surface area (Å²) in [6.07, 6.45) is 24.0. The van der Waals surface area contributed by atoms with Gasteiger partial charge in [-0.25, -0.2) is 0 Å². The monoisotopic (exact) mass is 796 g/mol. The molecule has 0 N–H and O–H groups in total. The third-order valence-corrected chi connectivity index (χ3v) is 15.3. The van der Waals surface area contributed by atoms with Crippen molar-refractivity contribution in [1.82, 2.24) is 4.57 Å². The summed E-state index contributed by atoms with van der Waals surface area (Å²) in [4.78, 5) is 0. The van der Waals surface area contributed by atoms with Crippen LogP contribution >= 0.6 is 0 Å². The summed E-state index contributed by atoms with van der Waals surface area (Å²) >= 11 is 0. The second-order valence-corrected chi connectivity index (χ2v) is 26.2. The van der Waals surface area contributed by atoms with Gasteiger partial charge in [-0.05, 0) is 166 Å². The Morgan fingerprint density at radius 3 is 1.12 bits per heavy atom. The van der Waals surface area contributed by atoms with E-state index in [-0.39, 0.29) is 5.54 Å². The molecule has 1 aromatic heterocycles. The Morgan fingerprint density at radius 1 is 0.517 bits per heavy atom. The zero-order valence-electron chi connectivity index (χ0n) is 41.8. The Morgan fingerprint density at radius 2 is 0.862 bits per heavy atom. The van der Waals surface area contributed by atoms with E-state index in [1.807, 2.05) is 0 Å². The number of para-hydroxylation sites is 2. The van der Waals surface area contributed by atoms with E-state index in [0.29, 0.717) is 21.7 Å². The Balaban J connectivity index is 0.000000166. The SMILES string of the molecule is CC(C)(C)C12CC3CC(CC(C3)C1)C2.CC(C)(C)C1CCCC1.CC(C)(C)C1CCCCC1.CC(C)(C)n1c2ccccc2c2ccccc21.CC(C)CC(C)(C)C. The number of fused-ring (bicyclic) bond motifs is 3. The summed E-state index contributed by atoms with van der Waals surface area (Å²) in [5.74, 6) is 6.19. The van der Waals surface area contributed by atoms with Crippen LogP contribution in [0.1, 0.15) is 220 Å². The molecule has 0 radical (unpaired) electrons. The number of benzene rings is 2. The fourth-order valence-electron chi connectivity index (χ4n) is 12.7. The van der Waals surface area contributed by atoms with Gasteiger partial charge in [-0.3, -0.25) is 0 Å². The molecule has 58 heavy (non-hydrogen) atoms. The molecule has 6 aliphatic rings. The van der Waals surface area contributed by atoms with E-state index in [0.717, 1.165) is 40.9 Å². The van der Waals surface area contributed by atoms with E-state index in [1.165, 1.54) is 86.0 Å². The maximum atomic E-state index is 2.49. The van der Waals surface area contributed by atoms with Gasteiger partial charge >= 0.3 is 0 Å². The van der Waals surface area contributed by atoms with E-state index in [4.69, 9.17) is 0 Å². The lowest BCUT2D eigenvalue weighted by atomic mass is 9.43. The Kier molecular flexibility index (Phi) is 16.5. The molecular weight excluding hydrogens is 699 g/mol. The first-order valence-electron chi connectivity index (χ1n) is 24.7. The molecule has 6 aliphatic carbocycles. The molecule has 3 aromatic rings. The van der Waals surface area contributed by atoms with Crippen LogP contribution in [0.4, 0.5) is 0 Å². The van der Waals surface area contributed by atoms with E-state index >= 15 is 0 Å². The van der Waals surface area contributed by atoms with Crippen LogP contribution in [0.25, 0.3) is 21.8 Å². The van der Waals surface area contributed by atoms with E-state index < -0.39 is 0 Å². The van der Waals surface area contributed by atoms with Crippen molar-refractivity contribution >= 4 is 21.8 Å². The lowest BCUT2D eigenvalue weighted by molar-refractivity contribution is -0.113. The molecule has 1 heteroatoms. The first kappa shape index (κ1) is 48.9. The van der Waals surface area contributed by atoms with Gasteiger partial charge in [0.15, 0.2) is 0 Å². The van der Waals surface area contributed by atoms with E-state index in [9.17, 15) is 0 Å². The number of nitrogens with zero attached hydrogens (tertiary/aromatic N) is 1. The highest BCUT2D eigenvalue weighted by atomic mass is 15.0. The minimum Gasteiger partial charge on any atom is -0.335 e. The van der Waals surface area contributed by atoms with Gasteiger partial charge in [-0.1, -0.05) is 165 Å². The predicted molar refractivity (Wildman–Crippen MR) is 261 cm³/mol. The van der Waals surface area contributed by atoms with Gasteiger partial charge in [0, 0.05) is 27.3 Å². The van der Waals surface area contributed by atoms with Gasteiger partial charge in [0.2, 0.25) is 0 Å². The zero-order valence-corrected chi connectivity index (χ0v) is 41.8. The smallest absolute Gasteiger partial charge is 0.0496 e. The molecule has 0 aliphatic heterocycles. The zero-order chi connectivity index (χ0) is 43.3. The molecule has 0 unspecified atom stereocenters. The average Bonchev–Trinajstić information content (AvgIpc) is 3.75. The van der Waals surface area contributed by atoms with Crippen molar-refractivity contribution in [2.75, 3.05) is 0 Å². The van der Waals surface area contributed by atoms with Crippen molar-refractivity contribution in [3.8, 4) is 0 Å². The summed E-state index contributed by atoms with van der Waals surface area (Å²) in [5, 5.41) is 2.69. The highest BCUT2D eigenvalue weighted by Crippen LogP contribution is 2.65. The highest BCUT2D eigenvalue weighted by molar-refractivity contribution is 6.08. The first-order valence-corrected chi connectivity index (χ1v) is 24.7. The van der Waals surface area contributed by atoms with Crippen LogP contribution in [0.3, 0.4) is 0 Å². The lowest BCUT2D eigenvalue weighted by Crippen LogP contribution is -2.51. The molecule has 330 valence electrons. The number of rotatable bonds is 1. The van der Waals surface area contributed by atoms with Gasteiger partial charge < -0.3 is 4.57 Å². The van der Waals surface area contributed by atoms with E-state index in [1.54, 1.807) is 38.5 Å². The lowest BCUT2D eigenvalue weighted by Gasteiger charge is -2.62. The number of aromatic nitrogens is 1. The molecule has 6 fully saturated rings. The standard InChI is InChI=1S/C16H17N.C14H24.C10H20.C9H18.C8H18/c1-16(2,3)17-14-10-6-4-8-12(14)13-9-5-7-11-15(13)17;1-13(2,3)14-7-10-4-11(8-14)6-12(5-10)9-14;1-10(2,3)9-7-5-4-6-8-9;1-9(2,3)8-6-4-5-7-8;1-7(2)6-8(3,4)5/h4-11H,1-3H3;10-12H,4-9H2,1-3H3;9H,4-8H2,1-3H3;8H,4-7H2,1-3H3;7H,6H2,1-5H3. The van der Waals surface area contributed by atoms with Crippen molar-refractivity contribution in [2.45, 2.75) is 226 Å². The molecule has 0 spiro atoms. The van der Waals surface area contributed by atoms with Crippen LogP contribution in [0.5, 0.6) is 0 Å². The minimum absolute atomic E-state index is 0.0999. The summed E-state index contributed by atoms with van der Waals surface area (Å²) in [6.45, 7) is 39.8. The largest absolute Gasteiger partial charge is 0.335 e. The summed E-state index contributed by atoms with van der Waals surface area (Å²) in [6, 6.07) is 17.3. The van der Waals surface area contributed by atoms with Crippen molar-refractivity contribution < 1.29 is 0 Å². The summed E-state index contributed by atoms with van der Waals surface area (Å²) in [7, 11) is 0. The van der Waals surface area contributed by atoms with Gasteiger partial charge in [-0.15, -0.1) is 0 Å². The van der Waals surface area contributed by atoms with Crippen molar-refractivity contribution in [3.63, 3.8) is 0 Å². The first-order chi connectivity index (χ1) is 26.7. The topological polar surface area (TPSA) is 4.93 Å². The maximum Gasteiger partial charge on any atom is 0.0496 e. The van der Waals surface area contributed by atoms with Crippen molar-refractivity contribution in [3.05, 3.63) is 48.5 Å². The molecule has 6 saturated carbocycles. The number of hydrogen-bond acceptors (Lipinski definition) is 0. The van der Waals surface area contributed by atoms with Gasteiger partial charge in [0.05, 0.1) is 0 Å². The molecule has 1 heterocycles. The van der Waals surface area contributed by atoms with Gasteiger partial charge in [-0.2, -0.15) is 0 Å². The van der Waals surface area contributed by atoms with Crippen LogP contribution in [0, 0.1) is 62.6 Å². The molecule has 9 rings (SSSR count). The second-order valence-electron chi connectivity index (χ2n) is 26.2. The van der Waals surface area contributed by atoms with Crippen molar-refractivity contribution in [2.24, 2.45) is 62.6 Å². The predicted octanol–water partition coefficient (Wildman–Crippen LogP) is 18.7. The molecule has 1 nitrogen and oxygen atoms in total. The Bertz CT molecular complexity index is 1560. The number of hydrogen-bond donors (Lipinski definition) is 0. The second kappa shape index (κ2) is 19.5. The van der Waals surface area contributed by atoms with Crippen LogP contribution < -0.4 is 0 Å². The van der Waals surface area contributed by atoms with Gasteiger partial charge in [0.1, 0.15) is 0 Å². The third-order valence-electron chi connectivity index (χ3n) is 15.3. The van der Waals surface area contributed by atoms with Crippen LogP contribution in [0.2, 0.25) is 0 Å². The van der Waals surface area contributed by atoms with Crippen molar-refractivity contribution in [1.29, 1.82) is 0 Å². The Hall–Kier alpha value is -1.76. The normalized spacial score (nSPS) is 25.3. The molecule has 4 bridgehead atoms. The molecule has 0 saturated heterocycles. The molecule has 0 atom stereocenters. The highest BCUT2D eigenvalue weighted by Gasteiger charge is 2.55. The minimum atomic E-state index is 0.0999. The fraction of sp³-hybridized carbons (Fsp3) is 0.789. The van der Waals surface area contributed by atoms with Gasteiger partial charge in [0.25, 0.3) is 0 Å². The summed E-state index contributed by atoms with van der Waals surface area (Å²) < 4.78 is 2.43. The summed E-state index contributed by atoms with van der Waals surface area (Å²) in [5.41, 5.74) is 5.71. The molecule has 2 aromatic carbocycles. The van der Waals surface area contributed by atoms with Crippen LogP contribution in [-0.4, -0.2) is 4.57 Å². The third kappa shape index (κ3) is 13.6. The maximum absolute atomic E-state index is 2.49. The fourth-order valence-corrected chi connectivity index (χ4v) is 12.7. The molecular formula is C57H97N.